The number of methoxy groups -OCH3 is 1. The van der Waals surface area contributed by atoms with Crippen LogP contribution in [-0.2, 0) is 21.2 Å². The maximum atomic E-state index is 12.5. The highest BCUT2D eigenvalue weighted by Crippen LogP contribution is 2.26. The largest absolute Gasteiger partial charge is 0.493 e. The van der Waals surface area contributed by atoms with Crippen LogP contribution in [0.2, 0.25) is 10.0 Å². The van der Waals surface area contributed by atoms with Gasteiger partial charge in [-0.2, -0.15) is 0 Å². The number of sulfonamides is 1. The molecule has 2 N–H and O–H groups in total. The average molecular weight is 466 g/mol. The van der Waals surface area contributed by atoms with E-state index in [-0.39, 0.29) is 27.3 Å². The highest BCUT2D eigenvalue weighted by atomic mass is 35.5. The topological polar surface area (TPSA) is 97.4 Å². The van der Waals surface area contributed by atoms with Crippen LogP contribution in [0.4, 0.5) is 11.5 Å². The third kappa shape index (κ3) is 5.41. The van der Waals surface area contributed by atoms with Crippen molar-refractivity contribution in [2.75, 3.05) is 17.1 Å². The van der Waals surface area contributed by atoms with Crippen LogP contribution in [-0.4, -0.2) is 26.4 Å². The van der Waals surface area contributed by atoms with E-state index >= 15 is 0 Å². The molecule has 30 heavy (non-hydrogen) atoms. The minimum atomic E-state index is -3.83. The lowest BCUT2D eigenvalue weighted by Gasteiger charge is -2.10. The summed E-state index contributed by atoms with van der Waals surface area (Å²) in [6, 6.07) is 13.9. The Labute approximate surface area is 184 Å². The van der Waals surface area contributed by atoms with Crippen molar-refractivity contribution in [3.8, 4) is 5.75 Å². The van der Waals surface area contributed by atoms with Gasteiger partial charge in [-0.15, -0.1) is 0 Å². The smallest absolute Gasteiger partial charge is 0.261 e. The molecule has 10 heteroatoms. The molecule has 0 bridgehead atoms. The molecule has 0 aliphatic heterocycles. The van der Waals surface area contributed by atoms with Crippen LogP contribution in [0.5, 0.6) is 5.75 Å². The highest BCUT2D eigenvalue weighted by Gasteiger charge is 2.16. The minimum Gasteiger partial charge on any atom is -0.493 e. The molecule has 0 spiro atoms. The van der Waals surface area contributed by atoms with Gasteiger partial charge in [0.25, 0.3) is 10.0 Å². The van der Waals surface area contributed by atoms with E-state index in [4.69, 9.17) is 27.9 Å². The molecule has 0 saturated carbocycles. The molecule has 0 atom stereocenters. The zero-order valence-electron chi connectivity index (χ0n) is 15.7. The second-order valence-electron chi connectivity index (χ2n) is 6.16. The van der Waals surface area contributed by atoms with Crippen LogP contribution in [0.1, 0.15) is 5.56 Å². The number of ether oxygens (including phenoxy) is 1. The monoisotopic (exact) mass is 465 g/mol. The zero-order valence-corrected chi connectivity index (χ0v) is 18.1. The normalized spacial score (nSPS) is 11.0. The van der Waals surface area contributed by atoms with Crippen LogP contribution in [0.25, 0.3) is 0 Å². The van der Waals surface area contributed by atoms with Crippen molar-refractivity contribution in [2.24, 2.45) is 0 Å². The number of aromatic nitrogens is 1. The van der Waals surface area contributed by atoms with E-state index in [9.17, 15) is 13.2 Å². The van der Waals surface area contributed by atoms with Crippen molar-refractivity contribution in [2.45, 2.75) is 11.3 Å². The molecule has 1 aromatic heterocycles. The second-order valence-corrected chi connectivity index (χ2v) is 8.65. The van der Waals surface area contributed by atoms with E-state index < -0.39 is 10.0 Å². The molecule has 0 saturated heterocycles. The molecule has 156 valence electrons. The molecule has 3 rings (SSSR count). The number of halogens is 2. The van der Waals surface area contributed by atoms with Crippen molar-refractivity contribution in [3.05, 3.63) is 76.4 Å². The summed E-state index contributed by atoms with van der Waals surface area (Å²) in [4.78, 5) is 16.3. The first-order chi connectivity index (χ1) is 14.3. The van der Waals surface area contributed by atoms with Gasteiger partial charge in [0.1, 0.15) is 0 Å². The number of nitrogens with zero attached hydrogens (tertiary/aromatic N) is 1. The SMILES string of the molecule is COc1cccnc1NC(=O)Cc1ccc(NS(=O)(=O)c2ccc(Cl)c(Cl)c2)cc1. The summed E-state index contributed by atoms with van der Waals surface area (Å²) in [5.74, 6) is 0.505. The fraction of sp³-hybridized carbons (Fsp3) is 0.100. The number of amides is 1. The first-order valence-corrected chi connectivity index (χ1v) is 10.9. The van der Waals surface area contributed by atoms with Gasteiger partial charge < -0.3 is 10.1 Å². The van der Waals surface area contributed by atoms with Crippen molar-refractivity contribution in [1.29, 1.82) is 0 Å². The van der Waals surface area contributed by atoms with Crippen LogP contribution >= 0.6 is 23.2 Å². The number of hydrogen-bond donors (Lipinski definition) is 2. The van der Waals surface area contributed by atoms with Gasteiger partial charge in [-0.1, -0.05) is 35.3 Å². The molecule has 0 fully saturated rings. The quantitative estimate of drug-likeness (QED) is 0.539. The summed E-state index contributed by atoms with van der Waals surface area (Å²) >= 11 is 11.7. The third-order valence-corrected chi connectivity index (χ3v) is 6.14. The molecule has 7 nitrogen and oxygen atoms in total. The number of carbonyl (C=O) groups excluding carboxylic acids is 1. The number of anilines is 2. The van der Waals surface area contributed by atoms with E-state index in [1.807, 2.05) is 0 Å². The predicted octanol–water partition coefficient (Wildman–Crippen LogP) is 4.38. The van der Waals surface area contributed by atoms with Crippen LogP contribution in [0.3, 0.4) is 0 Å². The number of carbonyl (C=O) groups is 1. The summed E-state index contributed by atoms with van der Waals surface area (Å²) in [7, 11) is -2.34. The molecular formula is C20H17Cl2N3O4S. The zero-order chi connectivity index (χ0) is 21.7. The Morgan fingerprint density at radius 3 is 2.47 bits per heavy atom. The summed E-state index contributed by atoms with van der Waals surface area (Å²) in [5.41, 5.74) is 1.04. The number of pyridine rings is 1. The van der Waals surface area contributed by atoms with Crippen molar-refractivity contribution in [3.63, 3.8) is 0 Å². The van der Waals surface area contributed by atoms with Crippen LogP contribution < -0.4 is 14.8 Å². The lowest BCUT2D eigenvalue weighted by Crippen LogP contribution is -2.16. The van der Waals surface area contributed by atoms with Gasteiger partial charge >= 0.3 is 0 Å². The molecule has 3 aromatic rings. The van der Waals surface area contributed by atoms with E-state index in [2.05, 4.69) is 15.0 Å². The fourth-order valence-corrected chi connectivity index (χ4v) is 4.01. The Morgan fingerprint density at radius 1 is 1.07 bits per heavy atom. The molecular weight excluding hydrogens is 449 g/mol. The van der Waals surface area contributed by atoms with E-state index in [1.165, 1.54) is 25.3 Å². The fourth-order valence-electron chi connectivity index (χ4n) is 2.56. The molecule has 0 aliphatic carbocycles. The Balaban J connectivity index is 1.66. The van der Waals surface area contributed by atoms with Crippen molar-refractivity contribution < 1.29 is 17.9 Å². The molecule has 0 radical (unpaired) electrons. The first kappa shape index (κ1) is 21.9. The van der Waals surface area contributed by atoms with Crippen LogP contribution in [0.15, 0.2) is 65.7 Å². The highest BCUT2D eigenvalue weighted by molar-refractivity contribution is 7.92. The Hall–Kier alpha value is -2.81. The average Bonchev–Trinajstić information content (AvgIpc) is 2.71. The first-order valence-electron chi connectivity index (χ1n) is 8.64. The van der Waals surface area contributed by atoms with E-state index in [0.717, 1.165) is 0 Å². The van der Waals surface area contributed by atoms with Crippen molar-refractivity contribution >= 4 is 50.6 Å². The van der Waals surface area contributed by atoms with Crippen LogP contribution in [0, 0.1) is 0 Å². The maximum absolute atomic E-state index is 12.5. The predicted molar refractivity (Wildman–Crippen MR) is 117 cm³/mol. The van der Waals surface area contributed by atoms with Gasteiger partial charge in [-0.25, -0.2) is 13.4 Å². The Bertz CT molecular complexity index is 1170. The molecule has 0 unspecified atom stereocenters. The Kier molecular flexibility index (Phi) is 6.81. The Morgan fingerprint density at radius 2 is 1.80 bits per heavy atom. The standard InChI is InChI=1S/C20H17Cl2N3O4S/c1-29-18-3-2-10-23-20(18)24-19(26)11-13-4-6-14(7-5-13)25-30(27,28)15-8-9-16(21)17(22)12-15/h2-10,12,25H,11H2,1H3,(H,23,24,26). The second kappa shape index (κ2) is 9.34. The van der Waals surface area contributed by atoms with Gasteiger partial charge in [0, 0.05) is 11.9 Å². The molecule has 1 amide bonds. The van der Waals surface area contributed by atoms with E-state index in [1.54, 1.807) is 42.6 Å². The summed E-state index contributed by atoms with van der Waals surface area (Å²) in [6.45, 7) is 0. The van der Waals surface area contributed by atoms with Gasteiger partial charge in [-0.3, -0.25) is 9.52 Å². The maximum Gasteiger partial charge on any atom is 0.261 e. The van der Waals surface area contributed by atoms with Gasteiger partial charge in [0.2, 0.25) is 5.91 Å². The lowest BCUT2D eigenvalue weighted by atomic mass is 10.1. The number of rotatable bonds is 7. The lowest BCUT2D eigenvalue weighted by molar-refractivity contribution is -0.115. The minimum absolute atomic E-state index is 0.00957. The summed E-state index contributed by atoms with van der Waals surface area (Å²) < 4.78 is 32.6. The molecule has 2 aromatic carbocycles. The molecule has 1 heterocycles. The van der Waals surface area contributed by atoms with Gasteiger partial charge in [0.15, 0.2) is 11.6 Å². The summed E-state index contributed by atoms with van der Waals surface area (Å²) in [5, 5.41) is 3.09. The summed E-state index contributed by atoms with van der Waals surface area (Å²) in [6.07, 6.45) is 1.63. The number of benzene rings is 2. The van der Waals surface area contributed by atoms with E-state index in [0.29, 0.717) is 22.8 Å². The van der Waals surface area contributed by atoms with Gasteiger partial charge in [-0.05, 0) is 48.0 Å². The van der Waals surface area contributed by atoms with Crippen molar-refractivity contribution in [1.82, 2.24) is 4.98 Å². The molecule has 0 aliphatic rings. The number of nitrogens with one attached hydrogen (secondary N) is 2. The third-order valence-electron chi connectivity index (χ3n) is 4.02. The van der Waals surface area contributed by atoms with Gasteiger partial charge in [0.05, 0.1) is 28.5 Å². The number of hydrogen-bond acceptors (Lipinski definition) is 5.